The van der Waals surface area contributed by atoms with Crippen molar-refractivity contribution in [2.45, 2.75) is 25.3 Å². The zero-order valence-corrected chi connectivity index (χ0v) is 8.41. The Hall–Kier alpha value is -0.670. The monoisotopic (exact) mass is 219 g/mol. The van der Waals surface area contributed by atoms with E-state index in [1.165, 1.54) is 6.07 Å². The molecule has 4 heteroatoms. The molecule has 1 aliphatic rings. The highest BCUT2D eigenvalue weighted by Gasteiger charge is 2.23. The molecular formula is C10H12ClF2N. The third-order valence-electron chi connectivity index (χ3n) is 2.56. The summed E-state index contributed by atoms with van der Waals surface area (Å²) < 4.78 is 26.5. The van der Waals surface area contributed by atoms with Crippen LogP contribution < -0.4 is 5.73 Å². The quantitative estimate of drug-likeness (QED) is 0.714. The van der Waals surface area contributed by atoms with Crippen LogP contribution in [-0.2, 0) is 6.42 Å². The largest absolute Gasteiger partial charge is 0.324 e. The Labute approximate surface area is 87.7 Å². The van der Waals surface area contributed by atoms with Gasteiger partial charge in [-0.05, 0) is 37.0 Å². The molecule has 0 fully saturated rings. The van der Waals surface area contributed by atoms with Crippen LogP contribution in [0.4, 0.5) is 8.78 Å². The molecule has 0 spiro atoms. The van der Waals surface area contributed by atoms with Gasteiger partial charge in [-0.25, -0.2) is 8.78 Å². The van der Waals surface area contributed by atoms with Crippen molar-refractivity contribution < 1.29 is 8.78 Å². The number of rotatable bonds is 0. The number of hydrogen-bond acceptors (Lipinski definition) is 1. The second-order valence-electron chi connectivity index (χ2n) is 3.42. The minimum absolute atomic E-state index is 0. The molecule has 2 N–H and O–H groups in total. The average Bonchev–Trinajstić information content (AvgIpc) is 2.12. The number of nitrogens with two attached hydrogens (primary N) is 1. The Balaban J connectivity index is 0.000000980. The van der Waals surface area contributed by atoms with Gasteiger partial charge in [-0.15, -0.1) is 12.4 Å². The van der Waals surface area contributed by atoms with Gasteiger partial charge in [0.25, 0.3) is 0 Å². The first-order valence-electron chi connectivity index (χ1n) is 4.42. The lowest BCUT2D eigenvalue weighted by atomic mass is 9.87. The van der Waals surface area contributed by atoms with Gasteiger partial charge < -0.3 is 5.73 Å². The molecule has 1 nitrogen and oxygen atoms in total. The lowest BCUT2D eigenvalue weighted by Crippen LogP contribution is -2.20. The number of fused-ring (bicyclic) bond motifs is 1. The Kier molecular flexibility index (Phi) is 3.45. The molecule has 1 atom stereocenters. The van der Waals surface area contributed by atoms with Crippen molar-refractivity contribution in [2.24, 2.45) is 5.73 Å². The van der Waals surface area contributed by atoms with E-state index in [9.17, 15) is 8.78 Å². The fraction of sp³-hybridized carbons (Fsp3) is 0.400. The first-order valence-corrected chi connectivity index (χ1v) is 4.42. The van der Waals surface area contributed by atoms with Gasteiger partial charge in [0.2, 0.25) is 0 Å². The van der Waals surface area contributed by atoms with Crippen LogP contribution in [0.1, 0.15) is 30.0 Å². The van der Waals surface area contributed by atoms with Crippen molar-refractivity contribution in [3.8, 4) is 0 Å². The molecule has 0 radical (unpaired) electrons. The van der Waals surface area contributed by atoms with Crippen molar-refractivity contribution in [3.63, 3.8) is 0 Å². The zero-order chi connectivity index (χ0) is 9.42. The second-order valence-corrected chi connectivity index (χ2v) is 3.42. The van der Waals surface area contributed by atoms with E-state index >= 15 is 0 Å². The van der Waals surface area contributed by atoms with Gasteiger partial charge in [0.05, 0.1) is 0 Å². The third-order valence-corrected chi connectivity index (χ3v) is 2.56. The maximum atomic E-state index is 13.3. The highest BCUT2D eigenvalue weighted by atomic mass is 35.5. The van der Waals surface area contributed by atoms with Gasteiger partial charge in [-0.2, -0.15) is 0 Å². The molecule has 1 aromatic rings. The van der Waals surface area contributed by atoms with E-state index < -0.39 is 0 Å². The summed E-state index contributed by atoms with van der Waals surface area (Å²) in [5.74, 6) is -0.699. The lowest BCUT2D eigenvalue weighted by Gasteiger charge is -2.22. The van der Waals surface area contributed by atoms with Crippen LogP contribution in [-0.4, -0.2) is 0 Å². The first kappa shape index (κ1) is 11.4. The molecule has 14 heavy (non-hydrogen) atoms. The van der Waals surface area contributed by atoms with Crippen LogP contribution in [0, 0.1) is 11.6 Å². The van der Waals surface area contributed by atoms with Gasteiger partial charge in [-0.1, -0.05) is 0 Å². The molecule has 0 heterocycles. The smallest absolute Gasteiger partial charge is 0.128 e. The number of halogens is 3. The Morgan fingerprint density at radius 2 is 1.86 bits per heavy atom. The molecule has 0 saturated heterocycles. The highest BCUT2D eigenvalue weighted by molar-refractivity contribution is 5.85. The topological polar surface area (TPSA) is 26.0 Å². The molecule has 0 aromatic heterocycles. The van der Waals surface area contributed by atoms with Gasteiger partial charge in [-0.3, -0.25) is 0 Å². The maximum Gasteiger partial charge on any atom is 0.128 e. The minimum Gasteiger partial charge on any atom is -0.324 e. The second kappa shape index (κ2) is 4.24. The predicted octanol–water partition coefficient (Wildman–Crippen LogP) is 2.72. The lowest BCUT2D eigenvalue weighted by molar-refractivity contribution is 0.493. The third kappa shape index (κ3) is 1.74. The van der Waals surface area contributed by atoms with E-state index in [2.05, 4.69) is 0 Å². The average molecular weight is 220 g/mol. The summed E-state index contributed by atoms with van der Waals surface area (Å²) in [5, 5.41) is 0. The summed E-state index contributed by atoms with van der Waals surface area (Å²) >= 11 is 0. The summed E-state index contributed by atoms with van der Waals surface area (Å²) in [7, 11) is 0. The molecular weight excluding hydrogens is 208 g/mol. The van der Waals surface area contributed by atoms with E-state index in [4.69, 9.17) is 5.73 Å². The first-order chi connectivity index (χ1) is 6.20. The Morgan fingerprint density at radius 1 is 1.21 bits per heavy atom. The summed E-state index contributed by atoms with van der Waals surface area (Å²) in [6, 6.07) is 1.99. The summed E-state index contributed by atoms with van der Waals surface area (Å²) in [6.07, 6.45) is 2.19. The van der Waals surface area contributed by atoms with Crippen molar-refractivity contribution in [1.82, 2.24) is 0 Å². The van der Waals surface area contributed by atoms with Crippen LogP contribution in [0.5, 0.6) is 0 Å². The van der Waals surface area contributed by atoms with Crippen LogP contribution in [0.3, 0.4) is 0 Å². The summed E-state index contributed by atoms with van der Waals surface area (Å²) in [4.78, 5) is 0. The molecule has 1 aliphatic carbocycles. The van der Waals surface area contributed by atoms with E-state index in [1.54, 1.807) is 0 Å². The van der Waals surface area contributed by atoms with E-state index in [-0.39, 0.29) is 30.1 Å². The molecule has 2 rings (SSSR count). The normalized spacial score (nSPS) is 19.8. The van der Waals surface area contributed by atoms with Gasteiger partial charge >= 0.3 is 0 Å². The fourth-order valence-electron chi connectivity index (χ4n) is 1.91. The number of hydrogen-bond donors (Lipinski definition) is 1. The van der Waals surface area contributed by atoms with Crippen molar-refractivity contribution in [3.05, 3.63) is 34.9 Å². The van der Waals surface area contributed by atoms with Gasteiger partial charge in [0.1, 0.15) is 11.6 Å². The van der Waals surface area contributed by atoms with Gasteiger partial charge in [0, 0.05) is 11.6 Å². The molecule has 0 amide bonds. The zero-order valence-electron chi connectivity index (χ0n) is 7.59. The van der Waals surface area contributed by atoms with Crippen LogP contribution in [0.15, 0.2) is 12.1 Å². The maximum absolute atomic E-state index is 13.3. The van der Waals surface area contributed by atoms with E-state index in [0.29, 0.717) is 17.5 Å². The minimum atomic E-state index is -0.372. The number of benzene rings is 1. The van der Waals surface area contributed by atoms with Crippen LogP contribution in [0.25, 0.3) is 0 Å². The molecule has 1 unspecified atom stereocenters. The fourth-order valence-corrected chi connectivity index (χ4v) is 1.91. The highest BCUT2D eigenvalue weighted by Crippen LogP contribution is 2.31. The van der Waals surface area contributed by atoms with E-state index in [1.807, 2.05) is 0 Å². The SMILES string of the molecule is Cl.NC1CCCc2c(F)ccc(F)c21. The Bertz CT molecular complexity index is 341. The van der Waals surface area contributed by atoms with Crippen molar-refractivity contribution in [2.75, 3.05) is 0 Å². The Morgan fingerprint density at radius 3 is 2.50 bits per heavy atom. The predicted molar refractivity (Wildman–Crippen MR) is 53.5 cm³/mol. The molecule has 0 aliphatic heterocycles. The van der Waals surface area contributed by atoms with Crippen LogP contribution >= 0.6 is 12.4 Å². The van der Waals surface area contributed by atoms with Crippen molar-refractivity contribution in [1.29, 1.82) is 0 Å². The molecule has 0 saturated carbocycles. The standard InChI is InChI=1S/C10H11F2N.ClH/c11-7-4-5-8(12)10-6(7)2-1-3-9(10)13;/h4-5,9H,1-3,13H2;1H. The molecule has 78 valence electrons. The summed E-state index contributed by atoms with van der Waals surface area (Å²) in [5.41, 5.74) is 6.56. The van der Waals surface area contributed by atoms with E-state index in [0.717, 1.165) is 18.9 Å². The van der Waals surface area contributed by atoms with Gasteiger partial charge in [0.15, 0.2) is 0 Å². The summed E-state index contributed by atoms with van der Waals surface area (Å²) in [6.45, 7) is 0. The van der Waals surface area contributed by atoms with Crippen molar-refractivity contribution >= 4 is 12.4 Å². The molecule has 0 bridgehead atoms. The van der Waals surface area contributed by atoms with Crippen LogP contribution in [0.2, 0.25) is 0 Å². The molecule has 1 aromatic carbocycles.